The van der Waals surface area contributed by atoms with Crippen LogP contribution in [0.4, 0.5) is 0 Å². The molecule has 2 rings (SSSR count). The van der Waals surface area contributed by atoms with Gasteiger partial charge in [-0.3, -0.25) is 0 Å². The highest BCUT2D eigenvalue weighted by molar-refractivity contribution is 9.10. The van der Waals surface area contributed by atoms with E-state index in [0.29, 0.717) is 11.4 Å². The molecule has 1 unspecified atom stereocenters. The van der Waals surface area contributed by atoms with Gasteiger partial charge in [-0.1, -0.05) is 33.6 Å². The fourth-order valence-corrected chi connectivity index (χ4v) is 2.46. The Balaban J connectivity index is 2.17. The Morgan fingerprint density at radius 1 is 1.38 bits per heavy atom. The number of hydrogen-bond acceptors (Lipinski definition) is 2. The minimum Gasteiger partial charge on any atom is -0.472 e. The number of hydrogen-bond donors (Lipinski definition) is 1. The second-order valence-electron chi connectivity index (χ2n) is 3.52. The van der Waals surface area contributed by atoms with Crippen molar-refractivity contribution in [2.75, 3.05) is 0 Å². The van der Waals surface area contributed by atoms with Gasteiger partial charge in [-0.15, -0.1) is 0 Å². The second kappa shape index (κ2) is 5.04. The van der Waals surface area contributed by atoms with E-state index in [9.17, 15) is 5.11 Å². The van der Waals surface area contributed by atoms with Crippen LogP contribution in [0.1, 0.15) is 17.2 Å². The summed E-state index contributed by atoms with van der Waals surface area (Å²) in [4.78, 5) is 0. The Labute approximate surface area is 107 Å². The molecule has 0 aliphatic rings. The minimum absolute atomic E-state index is 0.525. The molecule has 0 aliphatic carbocycles. The first-order chi connectivity index (χ1) is 7.66. The van der Waals surface area contributed by atoms with Crippen molar-refractivity contribution in [1.82, 2.24) is 0 Å². The van der Waals surface area contributed by atoms with Gasteiger partial charge in [0, 0.05) is 15.9 Å². The van der Waals surface area contributed by atoms with Gasteiger partial charge in [-0.2, -0.15) is 0 Å². The minimum atomic E-state index is -0.566. The Morgan fingerprint density at radius 3 is 2.81 bits per heavy atom. The maximum Gasteiger partial charge on any atom is 0.0935 e. The van der Waals surface area contributed by atoms with E-state index in [0.717, 1.165) is 15.6 Å². The quantitative estimate of drug-likeness (QED) is 0.930. The summed E-state index contributed by atoms with van der Waals surface area (Å²) in [6.45, 7) is 0. The molecule has 0 saturated heterocycles. The summed E-state index contributed by atoms with van der Waals surface area (Å²) < 4.78 is 5.77. The molecule has 0 aliphatic heterocycles. The topological polar surface area (TPSA) is 33.4 Å². The van der Waals surface area contributed by atoms with Crippen molar-refractivity contribution >= 4 is 27.5 Å². The van der Waals surface area contributed by atoms with Crippen LogP contribution in [-0.4, -0.2) is 5.11 Å². The lowest BCUT2D eigenvalue weighted by molar-refractivity contribution is 0.177. The van der Waals surface area contributed by atoms with E-state index in [4.69, 9.17) is 16.0 Å². The van der Waals surface area contributed by atoms with Crippen LogP contribution in [0.15, 0.2) is 45.7 Å². The standard InChI is InChI=1S/C12H10BrClO2/c13-11-6-9(14)1-2-10(11)12(15)5-8-3-4-16-7-8/h1-4,6-7,12,15H,5H2. The fraction of sp³-hybridized carbons (Fsp3) is 0.167. The maximum atomic E-state index is 10.0. The first kappa shape index (κ1) is 11.7. The van der Waals surface area contributed by atoms with Gasteiger partial charge >= 0.3 is 0 Å². The number of benzene rings is 1. The molecule has 1 N–H and O–H groups in total. The highest BCUT2D eigenvalue weighted by Crippen LogP contribution is 2.28. The first-order valence-electron chi connectivity index (χ1n) is 4.81. The molecule has 1 atom stereocenters. The van der Waals surface area contributed by atoms with Crippen LogP contribution in [-0.2, 0) is 6.42 Å². The van der Waals surface area contributed by atoms with Gasteiger partial charge in [0.2, 0.25) is 0 Å². The van der Waals surface area contributed by atoms with E-state index in [2.05, 4.69) is 15.9 Å². The summed E-state index contributed by atoms with van der Waals surface area (Å²) in [6, 6.07) is 7.19. The molecule has 1 aromatic heterocycles. The van der Waals surface area contributed by atoms with Crippen molar-refractivity contribution in [3.8, 4) is 0 Å². The van der Waals surface area contributed by atoms with Crippen LogP contribution in [0.3, 0.4) is 0 Å². The summed E-state index contributed by atoms with van der Waals surface area (Å²) in [5.74, 6) is 0. The highest BCUT2D eigenvalue weighted by Gasteiger charge is 2.12. The Hall–Kier alpha value is -0.770. The van der Waals surface area contributed by atoms with Gasteiger partial charge in [-0.05, 0) is 29.3 Å². The average Bonchev–Trinajstić information content (AvgIpc) is 2.70. The van der Waals surface area contributed by atoms with E-state index in [-0.39, 0.29) is 0 Å². The fourth-order valence-electron chi connectivity index (χ4n) is 1.51. The molecule has 1 aromatic carbocycles. The zero-order valence-electron chi connectivity index (χ0n) is 8.36. The third kappa shape index (κ3) is 2.67. The van der Waals surface area contributed by atoms with Crippen LogP contribution < -0.4 is 0 Å². The van der Waals surface area contributed by atoms with Crippen LogP contribution in [0, 0.1) is 0 Å². The molecule has 0 bridgehead atoms. The van der Waals surface area contributed by atoms with Crippen molar-refractivity contribution in [3.63, 3.8) is 0 Å². The van der Waals surface area contributed by atoms with E-state index in [1.807, 2.05) is 12.1 Å². The average molecular weight is 302 g/mol. The molecule has 84 valence electrons. The molecule has 0 spiro atoms. The highest BCUT2D eigenvalue weighted by atomic mass is 79.9. The molecule has 0 amide bonds. The van der Waals surface area contributed by atoms with E-state index >= 15 is 0 Å². The van der Waals surface area contributed by atoms with Gasteiger partial charge in [0.15, 0.2) is 0 Å². The lowest BCUT2D eigenvalue weighted by Crippen LogP contribution is -2.01. The van der Waals surface area contributed by atoms with Crippen molar-refractivity contribution in [1.29, 1.82) is 0 Å². The largest absolute Gasteiger partial charge is 0.472 e. The van der Waals surface area contributed by atoms with Gasteiger partial charge in [0.1, 0.15) is 0 Å². The van der Waals surface area contributed by atoms with Crippen molar-refractivity contribution in [3.05, 3.63) is 57.4 Å². The SMILES string of the molecule is OC(Cc1ccoc1)c1ccc(Cl)cc1Br. The van der Waals surface area contributed by atoms with E-state index < -0.39 is 6.10 Å². The predicted molar refractivity (Wildman–Crippen MR) is 66.5 cm³/mol. The maximum absolute atomic E-state index is 10.0. The number of aliphatic hydroxyl groups is 1. The Morgan fingerprint density at radius 2 is 2.19 bits per heavy atom. The number of rotatable bonds is 3. The van der Waals surface area contributed by atoms with E-state index in [1.54, 1.807) is 24.7 Å². The van der Waals surface area contributed by atoms with Gasteiger partial charge in [-0.25, -0.2) is 0 Å². The van der Waals surface area contributed by atoms with Crippen LogP contribution in [0.25, 0.3) is 0 Å². The van der Waals surface area contributed by atoms with Gasteiger partial charge in [0.05, 0.1) is 18.6 Å². The molecule has 4 heteroatoms. The molecule has 2 aromatic rings. The van der Waals surface area contributed by atoms with Crippen LogP contribution in [0.5, 0.6) is 0 Å². The number of halogens is 2. The predicted octanol–water partition coefficient (Wildman–Crippen LogP) is 3.97. The van der Waals surface area contributed by atoms with Crippen molar-refractivity contribution < 1.29 is 9.52 Å². The molecular formula is C12H10BrClO2. The monoisotopic (exact) mass is 300 g/mol. The summed E-state index contributed by atoms with van der Waals surface area (Å²) >= 11 is 9.22. The molecule has 16 heavy (non-hydrogen) atoms. The molecule has 1 heterocycles. The van der Waals surface area contributed by atoms with Crippen molar-refractivity contribution in [2.45, 2.75) is 12.5 Å². The first-order valence-corrected chi connectivity index (χ1v) is 5.98. The van der Waals surface area contributed by atoms with Gasteiger partial charge < -0.3 is 9.52 Å². The molecular weight excluding hydrogens is 291 g/mol. The zero-order chi connectivity index (χ0) is 11.5. The zero-order valence-corrected chi connectivity index (χ0v) is 10.7. The summed E-state index contributed by atoms with van der Waals surface area (Å²) in [6.07, 6.45) is 3.19. The smallest absolute Gasteiger partial charge is 0.0935 e. The van der Waals surface area contributed by atoms with Crippen LogP contribution >= 0.6 is 27.5 Å². The third-order valence-electron chi connectivity index (χ3n) is 2.33. The number of aliphatic hydroxyl groups excluding tert-OH is 1. The molecule has 0 saturated carbocycles. The van der Waals surface area contributed by atoms with Crippen LogP contribution in [0.2, 0.25) is 5.02 Å². The summed E-state index contributed by atoms with van der Waals surface area (Å²) in [5.41, 5.74) is 1.79. The summed E-state index contributed by atoms with van der Waals surface area (Å²) in [7, 11) is 0. The second-order valence-corrected chi connectivity index (χ2v) is 4.81. The normalized spacial score (nSPS) is 12.7. The Kier molecular flexibility index (Phi) is 3.69. The Bertz CT molecular complexity index is 468. The van der Waals surface area contributed by atoms with Gasteiger partial charge in [0.25, 0.3) is 0 Å². The molecule has 2 nitrogen and oxygen atoms in total. The lowest BCUT2D eigenvalue weighted by atomic mass is 10.0. The lowest BCUT2D eigenvalue weighted by Gasteiger charge is -2.11. The third-order valence-corrected chi connectivity index (χ3v) is 3.25. The van der Waals surface area contributed by atoms with Crippen molar-refractivity contribution in [2.24, 2.45) is 0 Å². The molecule has 0 fully saturated rings. The summed E-state index contributed by atoms with van der Waals surface area (Å²) in [5, 5.41) is 10.7. The van der Waals surface area contributed by atoms with E-state index in [1.165, 1.54) is 0 Å². The molecule has 0 radical (unpaired) electrons. The number of furan rings is 1.